The lowest BCUT2D eigenvalue weighted by molar-refractivity contribution is -0.117. The van der Waals surface area contributed by atoms with Gasteiger partial charge in [0.1, 0.15) is 5.82 Å². The number of amides is 1. The second-order valence-electron chi connectivity index (χ2n) is 6.50. The van der Waals surface area contributed by atoms with Crippen molar-refractivity contribution in [1.82, 2.24) is 14.9 Å². The first-order valence-corrected chi connectivity index (χ1v) is 8.39. The van der Waals surface area contributed by atoms with Crippen molar-refractivity contribution in [2.45, 2.75) is 33.9 Å². The number of rotatable bonds is 5. The summed E-state index contributed by atoms with van der Waals surface area (Å²) >= 11 is 0. The maximum absolute atomic E-state index is 11.9. The van der Waals surface area contributed by atoms with Crippen molar-refractivity contribution in [3.05, 3.63) is 77.1 Å². The topological polar surface area (TPSA) is 46.9 Å². The second-order valence-corrected chi connectivity index (χ2v) is 6.50. The van der Waals surface area contributed by atoms with Gasteiger partial charge in [-0.3, -0.25) is 4.79 Å². The molecule has 0 bridgehead atoms. The van der Waals surface area contributed by atoms with E-state index in [0.29, 0.717) is 12.1 Å². The summed E-state index contributed by atoms with van der Waals surface area (Å²) in [5.41, 5.74) is 6.26. The van der Waals surface area contributed by atoms with Gasteiger partial charge in [-0.15, -0.1) is 0 Å². The Hall–Kier alpha value is -2.88. The van der Waals surface area contributed by atoms with E-state index in [1.54, 1.807) is 6.92 Å². The molecule has 1 heterocycles. The van der Waals surface area contributed by atoms with Crippen molar-refractivity contribution >= 4 is 16.9 Å². The van der Waals surface area contributed by atoms with Gasteiger partial charge in [0.05, 0.1) is 17.6 Å². The molecule has 1 aromatic heterocycles. The molecule has 4 heteroatoms. The van der Waals surface area contributed by atoms with Gasteiger partial charge < -0.3 is 9.88 Å². The van der Waals surface area contributed by atoms with E-state index < -0.39 is 0 Å². The van der Waals surface area contributed by atoms with Gasteiger partial charge in [0, 0.05) is 12.1 Å². The number of nitrogens with one attached hydrogen (secondary N) is 1. The number of imidazole rings is 1. The first-order chi connectivity index (χ1) is 12.0. The highest BCUT2D eigenvalue weighted by molar-refractivity contribution is 5.92. The molecule has 0 atom stereocenters. The van der Waals surface area contributed by atoms with Crippen molar-refractivity contribution in [2.75, 3.05) is 0 Å². The molecule has 1 N–H and O–H groups in total. The van der Waals surface area contributed by atoms with Gasteiger partial charge in [-0.25, -0.2) is 4.98 Å². The fraction of sp³-hybridized carbons (Fsp3) is 0.238. The number of fused-ring (bicyclic) bond motifs is 1. The van der Waals surface area contributed by atoms with Crippen molar-refractivity contribution in [3.8, 4) is 0 Å². The average molecular weight is 333 g/mol. The maximum Gasteiger partial charge on any atom is 0.246 e. The molecule has 0 saturated carbocycles. The molecule has 25 heavy (non-hydrogen) atoms. The molecule has 0 aliphatic rings. The Morgan fingerprint density at radius 2 is 1.96 bits per heavy atom. The minimum atomic E-state index is -0.148. The molecule has 4 nitrogen and oxygen atoms in total. The molecule has 0 spiro atoms. The third kappa shape index (κ3) is 3.63. The Kier molecular flexibility index (Phi) is 4.70. The van der Waals surface area contributed by atoms with Gasteiger partial charge in [-0.2, -0.15) is 0 Å². The lowest BCUT2D eigenvalue weighted by atomic mass is 10.1. The fourth-order valence-electron chi connectivity index (χ4n) is 2.89. The van der Waals surface area contributed by atoms with Crippen LogP contribution in [0.3, 0.4) is 0 Å². The Morgan fingerprint density at radius 3 is 2.72 bits per heavy atom. The number of aryl methyl sites for hydroxylation is 2. The van der Waals surface area contributed by atoms with Gasteiger partial charge >= 0.3 is 0 Å². The Bertz CT molecular complexity index is 953. The molecule has 2 aromatic carbocycles. The summed E-state index contributed by atoms with van der Waals surface area (Å²) in [7, 11) is 0. The van der Waals surface area contributed by atoms with Crippen LogP contribution in [0, 0.1) is 13.8 Å². The van der Waals surface area contributed by atoms with E-state index in [0.717, 1.165) is 23.4 Å². The summed E-state index contributed by atoms with van der Waals surface area (Å²) in [6, 6.07) is 14.5. The highest BCUT2D eigenvalue weighted by Crippen LogP contribution is 2.20. The largest absolute Gasteiger partial charge is 0.345 e. The van der Waals surface area contributed by atoms with Crippen molar-refractivity contribution in [2.24, 2.45) is 0 Å². The van der Waals surface area contributed by atoms with Crippen molar-refractivity contribution in [1.29, 1.82) is 0 Å². The normalized spacial score (nSPS) is 10.8. The van der Waals surface area contributed by atoms with Crippen LogP contribution >= 0.6 is 0 Å². The Morgan fingerprint density at radius 1 is 1.20 bits per heavy atom. The molecule has 3 rings (SSSR count). The van der Waals surface area contributed by atoms with Crippen LogP contribution in [0.15, 0.2) is 54.6 Å². The highest BCUT2D eigenvalue weighted by atomic mass is 16.1. The summed E-state index contributed by atoms with van der Waals surface area (Å²) in [4.78, 5) is 16.6. The van der Waals surface area contributed by atoms with Gasteiger partial charge in [-0.05, 0) is 44.0 Å². The predicted octanol–water partition coefficient (Wildman–Crippen LogP) is 3.89. The van der Waals surface area contributed by atoms with Crippen molar-refractivity contribution < 1.29 is 4.79 Å². The van der Waals surface area contributed by atoms with Gasteiger partial charge in [0.15, 0.2) is 0 Å². The molecule has 0 radical (unpaired) electrons. The van der Waals surface area contributed by atoms with Crippen LogP contribution in [0.5, 0.6) is 0 Å². The number of nitrogens with zero attached hydrogens (tertiary/aromatic N) is 2. The van der Waals surface area contributed by atoms with Crippen LogP contribution in [0.4, 0.5) is 0 Å². The van der Waals surface area contributed by atoms with E-state index in [2.05, 4.69) is 54.6 Å². The zero-order valence-electron chi connectivity index (χ0n) is 15.0. The molecular formula is C21H23N3O. The summed E-state index contributed by atoms with van der Waals surface area (Å²) in [6.45, 7) is 10.7. The van der Waals surface area contributed by atoms with E-state index in [9.17, 15) is 4.79 Å². The van der Waals surface area contributed by atoms with Crippen LogP contribution in [0.2, 0.25) is 0 Å². The van der Waals surface area contributed by atoms with Crippen LogP contribution < -0.4 is 5.32 Å². The van der Waals surface area contributed by atoms with Gasteiger partial charge in [0.25, 0.3) is 0 Å². The monoisotopic (exact) mass is 333 g/mol. The number of hydrogen-bond donors (Lipinski definition) is 1. The summed E-state index contributed by atoms with van der Waals surface area (Å²) in [5.74, 6) is 0.696. The van der Waals surface area contributed by atoms with E-state index in [4.69, 9.17) is 4.98 Å². The SMILES string of the molecule is C=C(C)C(=O)NCc1nc2ccccc2n1Cc1cc(C)ccc1C. The van der Waals surface area contributed by atoms with Crippen LogP contribution in [-0.2, 0) is 17.9 Å². The molecule has 0 saturated heterocycles. The Labute approximate surface area is 148 Å². The molecule has 0 aliphatic heterocycles. The van der Waals surface area contributed by atoms with Crippen LogP contribution in [-0.4, -0.2) is 15.5 Å². The average Bonchev–Trinajstić information content (AvgIpc) is 2.93. The molecular weight excluding hydrogens is 310 g/mol. The number of carbonyl (C=O) groups excluding carboxylic acids is 1. The van der Waals surface area contributed by atoms with E-state index >= 15 is 0 Å². The summed E-state index contributed by atoms with van der Waals surface area (Å²) in [6.07, 6.45) is 0. The van der Waals surface area contributed by atoms with Gasteiger partial charge in [-0.1, -0.05) is 42.5 Å². The van der Waals surface area contributed by atoms with E-state index in [-0.39, 0.29) is 5.91 Å². The molecule has 3 aromatic rings. The minimum Gasteiger partial charge on any atom is -0.345 e. The van der Waals surface area contributed by atoms with E-state index in [1.807, 2.05) is 18.2 Å². The second kappa shape index (κ2) is 6.93. The number of para-hydroxylation sites is 2. The number of benzene rings is 2. The lowest BCUT2D eigenvalue weighted by Crippen LogP contribution is -2.25. The smallest absolute Gasteiger partial charge is 0.246 e. The minimum absolute atomic E-state index is 0.148. The summed E-state index contributed by atoms with van der Waals surface area (Å²) in [5, 5.41) is 2.89. The number of aromatic nitrogens is 2. The van der Waals surface area contributed by atoms with Gasteiger partial charge in [0.2, 0.25) is 5.91 Å². The highest BCUT2D eigenvalue weighted by Gasteiger charge is 2.13. The molecule has 1 amide bonds. The quantitative estimate of drug-likeness (QED) is 0.720. The standard InChI is InChI=1S/C21H23N3O/c1-14(2)21(25)22-12-20-23-18-7-5-6-8-19(18)24(20)13-17-11-15(3)9-10-16(17)4/h5-11H,1,12-13H2,2-4H3,(H,22,25). The van der Waals surface area contributed by atoms with Crippen LogP contribution in [0.1, 0.15) is 29.4 Å². The lowest BCUT2D eigenvalue weighted by Gasteiger charge is -2.13. The van der Waals surface area contributed by atoms with Crippen LogP contribution in [0.25, 0.3) is 11.0 Å². The first-order valence-electron chi connectivity index (χ1n) is 8.39. The number of carbonyl (C=O) groups is 1. The Balaban J connectivity index is 1.99. The van der Waals surface area contributed by atoms with E-state index in [1.165, 1.54) is 16.7 Å². The third-order valence-electron chi connectivity index (χ3n) is 4.36. The predicted molar refractivity (Wildman–Crippen MR) is 101 cm³/mol. The molecule has 0 unspecified atom stereocenters. The molecule has 128 valence electrons. The van der Waals surface area contributed by atoms with Crippen molar-refractivity contribution in [3.63, 3.8) is 0 Å². The molecule has 0 fully saturated rings. The zero-order chi connectivity index (χ0) is 18.0. The zero-order valence-corrected chi connectivity index (χ0v) is 15.0. The third-order valence-corrected chi connectivity index (χ3v) is 4.36. The molecule has 0 aliphatic carbocycles. The maximum atomic E-state index is 11.9. The summed E-state index contributed by atoms with van der Waals surface area (Å²) < 4.78 is 2.18. The first kappa shape index (κ1) is 17.0. The fourth-order valence-corrected chi connectivity index (χ4v) is 2.89. The number of hydrogen-bond acceptors (Lipinski definition) is 2.